The highest BCUT2D eigenvalue weighted by atomic mass is 19.4. The first kappa shape index (κ1) is 31.7. The van der Waals surface area contributed by atoms with Crippen LogP contribution in [0.25, 0.3) is 11.1 Å². The third kappa shape index (κ3) is 6.15. The average molecular weight is 645 g/mol. The molecule has 2 amide bonds. The fraction of sp³-hybridized carbons (Fsp3) is 0.474. The van der Waals surface area contributed by atoms with Crippen molar-refractivity contribution < 1.29 is 22.8 Å². The fourth-order valence-electron chi connectivity index (χ4n) is 8.50. The zero-order chi connectivity index (χ0) is 32.6. The Kier molecular flexibility index (Phi) is 8.76. The molecule has 4 aliphatic rings. The summed E-state index contributed by atoms with van der Waals surface area (Å²) >= 11 is 0. The molecule has 2 aliphatic heterocycles. The van der Waals surface area contributed by atoms with Gasteiger partial charge in [0.1, 0.15) is 12.0 Å². The molecule has 1 saturated carbocycles. The number of anilines is 1. The number of fused-ring (bicyclic) bond motifs is 4. The van der Waals surface area contributed by atoms with Crippen molar-refractivity contribution in [1.82, 2.24) is 15.1 Å². The zero-order valence-corrected chi connectivity index (χ0v) is 26.8. The summed E-state index contributed by atoms with van der Waals surface area (Å²) in [5, 5.41) is 2.23. The second-order valence-electron chi connectivity index (χ2n) is 13.6. The van der Waals surface area contributed by atoms with E-state index in [0.717, 1.165) is 97.6 Å². The van der Waals surface area contributed by atoms with Gasteiger partial charge in [0.25, 0.3) is 5.91 Å². The quantitative estimate of drug-likeness (QED) is 0.302. The van der Waals surface area contributed by atoms with Crippen LogP contribution in [0.4, 0.5) is 18.9 Å². The molecule has 1 saturated heterocycles. The molecule has 7 rings (SSSR count). The lowest BCUT2D eigenvalue weighted by atomic mass is 9.73. The molecule has 248 valence electrons. The van der Waals surface area contributed by atoms with Crippen LogP contribution in [0, 0.1) is 0 Å². The number of carbonyl (C=O) groups is 2. The molecule has 0 aromatic heterocycles. The van der Waals surface area contributed by atoms with E-state index < -0.39 is 24.0 Å². The van der Waals surface area contributed by atoms with E-state index in [4.69, 9.17) is 0 Å². The molecule has 0 spiro atoms. The van der Waals surface area contributed by atoms with Crippen LogP contribution in [0.3, 0.4) is 0 Å². The highest BCUT2D eigenvalue weighted by Gasteiger charge is 2.49. The van der Waals surface area contributed by atoms with Gasteiger partial charge in [-0.25, -0.2) is 0 Å². The van der Waals surface area contributed by atoms with E-state index in [1.54, 1.807) is 0 Å². The Morgan fingerprint density at radius 1 is 0.830 bits per heavy atom. The minimum atomic E-state index is -4.49. The van der Waals surface area contributed by atoms with Crippen LogP contribution in [0.15, 0.2) is 66.7 Å². The van der Waals surface area contributed by atoms with Crippen molar-refractivity contribution in [2.45, 2.75) is 69.0 Å². The van der Waals surface area contributed by atoms with Crippen LogP contribution >= 0.6 is 0 Å². The van der Waals surface area contributed by atoms with Crippen LogP contribution in [0.1, 0.15) is 72.0 Å². The largest absolute Gasteiger partial charge is 0.405 e. The van der Waals surface area contributed by atoms with Gasteiger partial charge in [-0.05, 0) is 78.6 Å². The van der Waals surface area contributed by atoms with Crippen molar-refractivity contribution in [3.8, 4) is 11.1 Å². The minimum Gasteiger partial charge on any atom is -0.369 e. The molecule has 3 aromatic rings. The summed E-state index contributed by atoms with van der Waals surface area (Å²) in [6, 6.07) is 22.0. The Labute approximate surface area is 274 Å². The predicted molar refractivity (Wildman–Crippen MR) is 178 cm³/mol. The molecule has 9 heteroatoms. The molecule has 6 nitrogen and oxygen atoms in total. The first-order valence-corrected chi connectivity index (χ1v) is 17.2. The smallest absolute Gasteiger partial charge is 0.369 e. The molecule has 0 bridgehead atoms. The lowest BCUT2D eigenvalue weighted by molar-refractivity contribution is -0.141. The van der Waals surface area contributed by atoms with Gasteiger partial charge >= 0.3 is 6.18 Å². The number of nitrogens with one attached hydrogen (secondary N) is 1. The maximum Gasteiger partial charge on any atom is 0.405 e. The first-order valence-electron chi connectivity index (χ1n) is 17.2. The van der Waals surface area contributed by atoms with Gasteiger partial charge in [0.2, 0.25) is 5.91 Å². The second-order valence-corrected chi connectivity index (χ2v) is 13.6. The Bertz CT molecular complexity index is 1580. The van der Waals surface area contributed by atoms with Crippen molar-refractivity contribution in [1.29, 1.82) is 0 Å². The second kappa shape index (κ2) is 13.0. The van der Waals surface area contributed by atoms with E-state index in [9.17, 15) is 22.8 Å². The molecule has 0 unspecified atom stereocenters. The first-order chi connectivity index (χ1) is 22.7. The molecular formula is C38H43F3N4O2. The topological polar surface area (TPSA) is 55.9 Å². The Morgan fingerprint density at radius 3 is 2.15 bits per heavy atom. The SMILES string of the molecule is O=C1c2cc(N3CCN(CCCC4(C(=O)NCC(F)(F)F)c5ccccc5-c5ccccc54)CC3)ccc2CCN1C1CCCCC1. The Hall–Kier alpha value is -3.85. The number of hydrogen-bond acceptors (Lipinski definition) is 4. The molecule has 47 heavy (non-hydrogen) atoms. The summed E-state index contributed by atoms with van der Waals surface area (Å²) in [5.74, 6) is -0.414. The molecule has 2 fully saturated rings. The highest BCUT2D eigenvalue weighted by Crippen LogP contribution is 2.51. The number of carbonyl (C=O) groups excluding carboxylic acids is 2. The van der Waals surface area contributed by atoms with Crippen LogP contribution in [-0.4, -0.2) is 79.6 Å². The lowest BCUT2D eigenvalue weighted by Crippen LogP contribution is -2.49. The van der Waals surface area contributed by atoms with Crippen LogP contribution < -0.4 is 10.2 Å². The van der Waals surface area contributed by atoms with Gasteiger partial charge in [-0.1, -0.05) is 73.9 Å². The standard InChI is InChI=1S/C38H43F3N4O2/c39-38(40,41)26-42-36(47)37(33-13-6-4-11-30(33)31-12-5-7-14-34(31)37)18-8-19-43-21-23-44(24-22-43)29-16-15-27-17-20-45(35(46)32(27)25-29)28-9-2-1-3-10-28/h4-7,11-16,25,28H,1-3,8-10,17-24,26H2,(H,42,47). The fourth-order valence-corrected chi connectivity index (χ4v) is 8.50. The highest BCUT2D eigenvalue weighted by molar-refractivity contribution is 6.00. The van der Waals surface area contributed by atoms with Crippen molar-refractivity contribution in [2.75, 3.05) is 50.7 Å². The number of hydrogen-bond donors (Lipinski definition) is 1. The summed E-state index contributed by atoms with van der Waals surface area (Å²) in [5.41, 5.74) is 5.27. The van der Waals surface area contributed by atoms with Gasteiger partial charge in [-0.15, -0.1) is 0 Å². The summed E-state index contributed by atoms with van der Waals surface area (Å²) in [6.45, 7) is 3.51. The van der Waals surface area contributed by atoms with Crippen LogP contribution in [0.2, 0.25) is 0 Å². The number of benzene rings is 3. The molecule has 1 N–H and O–H groups in total. The average Bonchev–Trinajstić information content (AvgIpc) is 3.38. The number of alkyl halides is 3. The third-order valence-corrected chi connectivity index (χ3v) is 10.9. The monoisotopic (exact) mass is 644 g/mol. The molecule has 2 aliphatic carbocycles. The Morgan fingerprint density at radius 2 is 1.49 bits per heavy atom. The lowest BCUT2D eigenvalue weighted by Gasteiger charge is -2.39. The number of piperazine rings is 1. The molecule has 3 aromatic carbocycles. The van der Waals surface area contributed by atoms with E-state index in [2.05, 4.69) is 38.2 Å². The summed E-state index contributed by atoms with van der Waals surface area (Å²) in [7, 11) is 0. The van der Waals surface area contributed by atoms with Crippen molar-refractivity contribution in [3.63, 3.8) is 0 Å². The van der Waals surface area contributed by atoms with E-state index in [0.29, 0.717) is 18.9 Å². The van der Waals surface area contributed by atoms with Gasteiger partial charge in [0.15, 0.2) is 0 Å². The van der Waals surface area contributed by atoms with E-state index in [1.807, 2.05) is 48.5 Å². The van der Waals surface area contributed by atoms with E-state index in [-0.39, 0.29) is 5.91 Å². The molecule has 0 radical (unpaired) electrons. The molecular weight excluding hydrogens is 601 g/mol. The maximum absolute atomic E-state index is 13.8. The zero-order valence-electron chi connectivity index (χ0n) is 26.8. The third-order valence-electron chi connectivity index (χ3n) is 10.9. The normalized spacial score (nSPS) is 19.7. The van der Waals surface area contributed by atoms with Crippen molar-refractivity contribution >= 4 is 17.5 Å². The van der Waals surface area contributed by atoms with Gasteiger partial charge in [-0.3, -0.25) is 14.5 Å². The summed E-state index contributed by atoms with van der Waals surface area (Å²) < 4.78 is 39.7. The predicted octanol–water partition coefficient (Wildman–Crippen LogP) is 6.57. The van der Waals surface area contributed by atoms with Gasteiger partial charge in [0.05, 0.1) is 0 Å². The number of halogens is 3. The van der Waals surface area contributed by atoms with Crippen molar-refractivity contribution in [3.05, 3.63) is 89.0 Å². The summed E-state index contributed by atoms with van der Waals surface area (Å²) in [6.07, 6.45) is 3.40. The number of amides is 2. The minimum absolute atomic E-state index is 0.182. The molecule has 0 atom stereocenters. The number of rotatable bonds is 8. The van der Waals surface area contributed by atoms with E-state index in [1.165, 1.54) is 19.3 Å². The van der Waals surface area contributed by atoms with Gasteiger partial charge in [-0.2, -0.15) is 13.2 Å². The molecule has 2 heterocycles. The van der Waals surface area contributed by atoms with Crippen LogP contribution in [0.5, 0.6) is 0 Å². The van der Waals surface area contributed by atoms with Gasteiger partial charge < -0.3 is 15.1 Å². The Balaban J connectivity index is 1.01. The van der Waals surface area contributed by atoms with E-state index >= 15 is 0 Å². The summed E-state index contributed by atoms with van der Waals surface area (Å²) in [4.78, 5) is 34.2. The van der Waals surface area contributed by atoms with Crippen LogP contribution in [-0.2, 0) is 16.6 Å². The van der Waals surface area contributed by atoms with Crippen molar-refractivity contribution in [2.24, 2.45) is 0 Å². The van der Waals surface area contributed by atoms with Gasteiger partial charge in [0, 0.05) is 50.0 Å². The number of nitrogens with zero attached hydrogens (tertiary/aromatic N) is 3. The maximum atomic E-state index is 13.8.